The summed E-state index contributed by atoms with van der Waals surface area (Å²) in [6, 6.07) is 13.7. The fraction of sp³-hybridized carbons (Fsp3) is 0.318. The third kappa shape index (κ3) is 8.04. The van der Waals surface area contributed by atoms with Crippen molar-refractivity contribution in [3.05, 3.63) is 60.2 Å². The zero-order valence-corrected chi connectivity index (χ0v) is 17.1. The van der Waals surface area contributed by atoms with Crippen LogP contribution in [0.2, 0.25) is 0 Å². The summed E-state index contributed by atoms with van der Waals surface area (Å²) < 4.78 is 34.3. The Morgan fingerprint density at radius 2 is 1.58 bits per heavy atom. The second-order valence-electron chi connectivity index (χ2n) is 6.98. The van der Waals surface area contributed by atoms with Crippen LogP contribution in [0.25, 0.3) is 0 Å². The lowest BCUT2D eigenvalue weighted by atomic mass is 10.0. The van der Waals surface area contributed by atoms with Crippen LogP contribution in [-0.4, -0.2) is 37.0 Å². The largest absolute Gasteiger partial charge is 0.454 e. The number of esters is 1. The summed E-state index contributed by atoms with van der Waals surface area (Å²) in [7, 11) is 0. The number of anilines is 1. The van der Waals surface area contributed by atoms with Crippen LogP contribution >= 0.6 is 0 Å². The summed E-state index contributed by atoms with van der Waals surface area (Å²) in [6.07, 6.45) is 0.0960. The van der Waals surface area contributed by atoms with Crippen LogP contribution in [0.1, 0.15) is 19.4 Å². The van der Waals surface area contributed by atoms with Gasteiger partial charge in [0.15, 0.2) is 6.61 Å². The predicted molar refractivity (Wildman–Crippen MR) is 110 cm³/mol. The first-order valence-electron chi connectivity index (χ1n) is 9.60. The number of halogens is 2. The molecule has 2 aromatic rings. The summed E-state index contributed by atoms with van der Waals surface area (Å²) in [6.45, 7) is -0.249. The number of hydrogen-bond acceptors (Lipinski definition) is 5. The van der Waals surface area contributed by atoms with Gasteiger partial charge in [-0.2, -0.15) is 8.78 Å². The molecule has 0 aliphatic carbocycles. The Bertz CT molecular complexity index is 890. The lowest BCUT2D eigenvalue weighted by Crippen LogP contribution is -2.46. The summed E-state index contributed by atoms with van der Waals surface area (Å²) in [5.41, 5.74) is 0.806. The Labute approximate surface area is 178 Å². The van der Waals surface area contributed by atoms with Crippen LogP contribution < -0.4 is 15.4 Å². The molecule has 0 aliphatic rings. The van der Waals surface area contributed by atoms with E-state index in [0.717, 1.165) is 5.56 Å². The number of para-hydroxylation sites is 2. The average Bonchev–Trinajstić information content (AvgIpc) is 2.72. The number of amides is 2. The van der Waals surface area contributed by atoms with Crippen molar-refractivity contribution in [3.63, 3.8) is 0 Å². The van der Waals surface area contributed by atoms with Crippen LogP contribution in [0.15, 0.2) is 54.6 Å². The molecule has 0 heterocycles. The van der Waals surface area contributed by atoms with Crippen LogP contribution in [0.4, 0.5) is 14.5 Å². The zero-order chi connectivity index (χ0) is 22.8. The Morgan fingerprint density at radius 1 is 0.935 bits per heavy atom. The average molecular weight is 434 g/mol. The molecule has 0 saturated carbocycles. The maximum atomic E-state index is 12.5. The fourth-order valence-electron chi connectivity index (χ4n) is 2.68. The van der Waals surface area contributed by atoms with Crippen molar-refractivity contribution in [3.8, 4) is 5.75 Å². The fourth-order valence-corrected chi connectivity index (χ4v) is 2.68. The van der Waals surface area contributed by atoms with Crippen LogP contribution in [0.5, 0.6) is 5.75 Å². The minimum absolute atomic E-state index is 0.0143. The molecule has 166 valence electrons. The first-order chi connectivity index (χ1) is 14.8. The number of benzene rings is 2. The number of ether oxygens (including phenoxy) is 2. The van der Waals surface area contributed by atoms with E-state index in [1.807, 2.05) is 6.07 Å². The standard InChI is InChI=1S/C22H24F2N2O5/c1-14(2)20(26-18(27)12-15-8-4-3-5-9-15)21(29)30-13-19(28)25-16-10-6-7-11-17(16)31-22(23)24/h3-11,14,20,22H,12-13H2,1-2H3,(H,25,28)(H,26,27). The van der Waals surface area contributed by atoms with Gasteiger partial charge in [-0.05, 0) is 23.6 Å². The molecule has 2 N–H and O–H groups in total. The molecule has 0 aromatic heterocycles. The van der Waals surface area contributed by atoms with E-state index in [0.29, 0.717) is 0 Å². The maximum absolute atomic E-state index is 12.5. The van der Waals surface area contributed by atoms with Crippen molar-refractivity contribution in [2.45, 2.75) is 32.9 Å². The second-order valence-corrected chi connectivity index (χ2v) is 6.98. The van der Waals surface area contributed by atoms with Gasteiger partial charge in [-0.15, -0.1) is 0 Å². The quantitative estimate of drug-likeness (QED) is 0.561. The second kappa shape index (κ2) is 11.6. The van der Waals surface area contributed by atoms with E-state index in [9.17, 15) is 23.2 Å². The normalized spacial score (nSPS) is 11.7. The molecule has 0 radical (unpaired) electrons. The number of carbonyl (C=O) groups excluding carboxylic acids is 3. The van der Waals surface area contributed by atoms with Crippen LogP contribution in [0.3, 0.4) is 0 Å². The monoisotopic (exact) mass is 434 g/mol. The molecule has 0 saturated heterocycles. The number of alkyl halides is 2. The van der Waals surface area contributed by atoms with Gasteiger partial charge in [-0.1, -0.05) is 56.3 Å². The number of hydrogen-bond donors (Lipinski definition) is 2. The third-order valence-electron chi connectivity index (χ3n) is 4.17. The van der Waals surface area contributed by atoms with Crippen molar-refractivity contribution >= 4 is 23.5 Å². The van der Waals surface area contributed by atoms with Gasteiger partial charge in [0, 0.05) is 0 Å². The molecule has 2 aromatic carbocycles. The Morgan fingerprint density at radius 3 is 2.23 bits per heavy atom. The Kier molecular flexibility index (Phi) is 8.93. The van der Waals surface area contributed by atoms with Gasteiger partial charge < -0.3 is 20.1 Å². The van der Waals surface area contributed by atoms with E-state index in [4.69, 9.17) is 4.74 Å². The van der Waals surface area contributed by atoms with Gasteiger partial charge in [0.25, 0.3) is 5.91 Å². The van der Waals surface area contributed by atoms with Crippen molar-refractivity contribution in [1.29, 1.82) is 0 Å². The van der Waals surface area contributed by atoms with Gasteiger partial charge >= 0.3 is 12.6 Å². The minimum Gasteiger partial charge on any atom is -0.454 e. The molecule has 1 atom stereocenters. The van der Waals surface area contributed by atoms with Gasteiger partial charge in [-0.25, -0.2) is 4.79 Å². The third-order valence-corrected chi connectivity index (χ3v) is 4.17. The van der Waals surface area contributed by atoms with Crippen molar-refractivity contribution in [1.82, 2.24) is 5.32 Å². The predicted octanol–water partition coefficient (Wildman–Crippen LogP) is 3.15. The lowest BCUT2D eigenvalue weighted by Gasteiger charge is -2.21. The van der Waals surface area contributed by atoms with Gasteiger partial charge in [0.2, 0.25) is 5.91 Å². The lowest BCUT2D eigenvalue weighted by molar-refractivity contribution is -0.151. The van der Waals surface area contributed by atoms with Crippen LogP contribution in [0, 0.1) is 5.92 Å². The van der Waals surface area contributed by atoms with E-state index in [1.54, 1.807) is 38.1 Å². The van der Waals surface area contributed by atoms with E-state index in [2.05, 4.69) is 15.4 Å². The van der Waals surface area contributed by atoms with E-state index in [-0.39, 0.29) is 29.7 Å². The highest BCUT2D eigenvalue weighted by molar-refractivity contribution is 5.94. The van der Waals surface area contributed by atoms with Crippen molar-refractivity contribution in [2.24, 2.45) is 5.92 Å². The molecule has 2 rings (SSSR count). The minimum atomic E-state index is -3.05. The zero-order valence-electron chi connectivity index (χ0n) is 17.1. The number of nitrogens with one attached hydrogen (secondary N) is 2. The van der Waals surface area contributed by atoms with Crippen molar-refractivity contribution in [2.75, 3.05) is 11.9 Å². The number of carbonyl (C=O) groups is 3. The summed E-state index contributed by atoms with van der Waals surface area (Å²) in [5.74, 6) is -2.37. The molecule has 2 amide bonds. The molecule has 9 heteroatoms. The molecule has 1 unspecified atom stereocenters. The molecular formula is C22H24F2N2O5. The molecule has 0 bridgehead atoms. The molecule has 7 nitrogen and oxygen atoms in total. The summed E-state index contributed by atoms with van der Waals surface area (Å²) >= 11 is 0. The van der Waals surface area contributed by atoms with Crippen molar-refractivity contribution < 1.29 is 32.6 Å². The van der Waals surface area contributed by atoms with Gasteiger partial charge in [0.05, 0.1) is 12.1 Å². The highest BCUT2D eigenvalue weighted by Crippen LogP contribution is 2.25. The Hall–Kier alpha value is -3.49. The number of rotatable bonds is 10. The molecular weight excluding hydrogens is 410 g/mol. The van der Waals surface area contributed by atoms with Gasteiger partial charge in [-0.3, -0.25) is 9.59 Å². The first kappa shape index (κ1) is 23.8. The maximum Gasteiger partial charge on any atom is 0.387 e. The molecule has 31 heavy (non-hydrogen) atoms. The van der Waals surface area contributed by atoms with Crippen LogP contribution in [-0.2, 0) is 25.5 Å². The van der Waals surface area contributed by atoms with Gasteiger partial charge in [0.1, 0.15) is 11.8 Å². The SMILES string of the molecule is CC(C)C(NC(=O)Cc1ccccc1)C(=O)OCC(=O)Nc1ccccc1OC(F)F. The Balaban J connectivity index is 1.90. The van der Waals surface area contributed by atoms with E-state index in [1.165, 1.54) is 24.3 Å². The summed E-state index contributed by atoms with van der Waals surface area (Å²) in [4.78, 5) is 36.8. The topological polar surface area (TPSA) is 93.7 Å². The molecule has 0 aliphatic heterocycles. The first-order valence-corrected chi connectivity index (χ1v) is 9.60. The smallest absolute Gasteiger partial charge is 0.387 e. The molecule has 0 spiro atoms. The van der Waals surface area contributed by atoms with E-state index < -0.39 is 31.1 Å². The highest BCUT2D eigenvalue weighted by atomic mass is 19.3. The highest BCUT2D eigenvalue weighted by Gasteiger charge is 2.26. The summed E-state index contributed by atoms with van der Waals surface area (Å²) in [5, 5.41) is 4.97. The van der Waals surface area contributed by atoms with E-state index >= 15 is 0 Å². The molecule has 0 fully saturated rings.